The number of carbonyl (C=O) groups excluding carboxylic acids is 3. The van der Waals surface area contributed by atoms with E-state index in [0.29, 0.717) is 26.0 Å². The molecule has 48 heavy (non-hydrogen) atoms. The van der Waals surface area contributed by atoms with Gasteiger partial charge in [0, 0.05) is 6.07 Å². The molecule has 3 heterocycles. The van der Waals surface area contributed by atoms with E-state index in [2.05, 4.69) is 15.3 Å². The molecule has 3 fully saturated rings. The number of aromatic carboxylic acids is 1. The van der Waals surface area contributed by atoms with Crippen LogP contribution in [-0.2, 0) is 14.4 Å². The van der Waals surface area contributed by atoms with Crippen molar-refractivity contribution < 1.29 is 29.2 Å². The molecule has 1 aliphatic carbocycles. The minimum absolute atomic E-state index is 0.0561. The molecule has 0 bridgehead atoms. The average molecular weight is 720 g/mol. The lowest BCUT2D eigenvalue weighted by atomic mass is 9.81. The second kappa shape index (κ2) is 12.8. The highest BCUT2D eigenvalue weighted by atomic mass is 35.5. The minimum atomic E-state index is -1.21. The van der Waals surface area contributed by atoms with E-state index in [1.165, 1.54) is 46.6 Å². The zero-order valence-electron chi connectivity index (χ0n) is 24.5. The molecular weight excluding hydrogens is 698 g/mol. The van der Waals surface area contributed by atoms with Gasteiger partial charge >= 0.3 is 5.97 Å². The third kappa shape index (κ3) is 6.09. The molecule has 3 aromatic carbocycles. The van der Waals surface area contributed by atoms with Gasteiger partial charge in [-0.1, -0.05) is 42.3 Å². The van der Waals surface area contributed by atoms with E-state index in [9.17, 15) is 34.4 Å². The number of fused-ring (bicyclic) bond motifs is 2. The predicted molar refractivity (Wildman–Crippen MR) is 184 cm³/mol. The Morgan fingerprint density at radius 1 is 1.08 bits per heavy atom. The van der Waals surface area contributed by atoms with Crippen LogP contribution in [-0.4, -0.2) is 43.9 Å². The number of amidine groups is 1. The van der Waals surface area contributed by atoms with Crippen LogP contribution in [0.4, 0.5) is 17.1 Å². The van der Waals surface area contributed by atoms with Crippen molar-refractivity contribution in [3.63, 3.8) is 0 Å². The number of nitrogens with one attached hydrogen (secondary N) is 1. The smallest absolute Gasteiger partial charge is 0.337 e. The highest BCUT2D eigenvalue weighted by molar-refractivity contribution is 8.18. The lowest BCUT2D eigenvalue weighted by Crippen LogP contribution is -2.30. The first-order valence-corrected chi connectivity index (χ1v) is 17.5. The van der Waals surface area contributed by atoms with Gasteiger partial charge < -0.3 is 10.4 Å². The summed E-state index contributed by atoms with van der Waals surface area (Å²) in [7, 11) is 0. The Kier molecular flexibility index (Phi) is 8.53. The molecule has 12 nitrogen and oxygen atoms in total. The van der Waals surface area contributed by atoms with Crippen molar-refractivity contribution in [1.82, 2.24) is 10.3 Å². The van der Waals surface area contributed by atoms with E-state index >= 15 is 0 Å². The predicted octanol–water partition coefficient (Wildman–Crippen LogP) is 7.28. The molecule has 3 amide bonds. The monoisotopic (exact) mass is 719 g/mol. The van der Waals surface area contributed by atoms with Gasteiger partial charge in [0.15, 0.2) is 9.51 Å². The molecule has 3 aliphatic rings. The first kappa shape index (κ1) is 32.0. The maximum Gasteiger partial charge on any atom is 0.337 e. The number of imide groups is 1. The van der Waals surface area contributed by atoms with Crippen LogP contribution >= 0.6 is 46.5 Å². The summed E-state index contributed by atoms with van der Waals surface area (Å²) in [6.07, 6.45) is 4.85. The van der Waals surface area contributed by atoms with Crippen molar-refractivity contribution in [3.05, 3.63) is 85.8 Å². The Morgan fingerprint density at radius 2 is 1.83 bits per heavy atom. The zero-order chi connectivity index (χ0) is 33.7. The van der Waals surface area contributed by atoms with Gasteiger partial charge in [-0.3, -0.25) is 29.4 Å². The fourth-order valence-electron chi connectivity index (χ4n) is 5.93. The fraction of sp³-hybridized carbons (Fsp3) is 0.188. The Balaban J connectivity index is 1.10. The Morgan fingerprint density at radius 3 is 2.54 bits per heavy atom. The fourth-order valence-corrected chi connectivity index (χ4v) is 9.12. The topological polar surface area (TPSA) is 172 Å². The standard InChI is InChI=1S/C32H22ClN5O7S3/c33-21-8-6-16(13-20(21)30(42)43)34-31-36-27(39)26(46-31)12-15-5-10-24(23(11-15)38(44)45)47-32-35-22-9-7-17(14-25(22)48-32)37-28(40)18-3-1-2-4-19(18)29(37)41/h5-14,18-19H,1-4H2,(H,42,43)(H,34,36,39)/b26-12-/t18-,19-/m1/s1. The number of hydrogen-bond donors (Lipinski definition) is 2. The van der Waals surface area contributed by atoms with Crippen LogP contribution in [0.2, 0.25) is 5.02 Å². The van der Waals surface area contributed by atoms with Crippen molar-refractivity contribution >= 4 is 109 Å². The summed E-state index contributed by atoms with van der Waals surface area (Å²) in [5, 5.41) is 24.3. The van der Waals surface area contributed by atoms with Gasteiger partial charge in [0.1, 0.15) is 0 Å². The van der Waals surface area contributed by atoms with Crippen molar-refractivity contribution in [2.45, 2.75) is 34.9 Å². The van der Waals surface area contributed by atoms with E-state index < -0.39 is 16.8 Å². The summed E-state index contributed by atoms with van der Waals surface area (Å²) >= 11 is 9.36. The number of aromatic nitrogens is 1. The molecule has 242 valence electrons. The molecule has 2 N–H and O–H groups in total. The quantitative estimate of drug-likeness (QED) is 0.0856. The number of aliphatic imine (C=N–C) groups is 1. The number of amides is 3. The second-order valence-corrected chi connectivity index (χ2v) is 14.9. The Hall–Kier alpha value is -4.57. The lowest BCUT2D eigenvalue weighted by molar-refractivity contribution is -0.387. The van der Waals surface area contributed by atoms with Gasteiger partial charge in [-0.05, 0) is 78.7 Å². The lowest BCUT2D eigenvalue weighted by Gasteiger charge is -2.19. The van der Waals surface area contributed by atoms with Crippen LogP contribution in [0.3, 0.4) is 0 Å². The molecule has 0 unspecified atom stereocenters. The number of thiazole rings is 1. The summed E-state index contributed by atoms with van der Waals surface area (Å²) < 4.78 is 1.29. The number of carboxylic acids is 1. The van der Waals surface area contributed by atoms with Crippen LogP contribution in [0, 0.1) is 22.0 Å². The summed E-state index contributed by atoms with van der Waals surface area (Å²) in [5.74, 6) is -2.49. The highest BCUT2D eigenvalue weighted by Crippen LogP contribution is 2.43. The number of halogens is 1. The van der Waals surface area contributed by atoms with Gasteiger partial charge in [0.2, 0.25) is 11.8 Å². The highest BCUT2D eigenvalue weighted by Gasteiger charge is 2.48. The molecule has 16 heteroatoms. The number of hydrogen-bond acceptors (Lipinski definition) is 11. The average Bonchev–Trinajstić information content (AvgIpc) is 3.70. The molecule has 0 radical (unpaired) electrons. The zero-order valence-corrected chi connectivity index (χ0v) is 27.8. The Bertz CT molecular complexity index is 2130. The van der Waals surface area contributed by atoms with E-state index in [-0.39, 0.29) is 55.7 Å². The van der Waals surface area contributed by atoms with Crippen molar-refractivity contribution in [1.29, 1.82) is 0 Å². The minimum Gasteiger partial charge on any atom is -0.478 e. The van der Waals surface area contributed by atoms with Crippen molar-refractivity contribution in [2.24, 2.45) is 16.8 Å². The van der Waals surface area contributed by atoms with Gasteiger partial charge in [-0.2, -0.15) is 0 Å². The van der Waals surface area contributed by atoms with E-state index in [0.717, 1.165) is 53.9 Å². The number of nitro benzene ring substituents is 1. The number of rotatable bonds is 7. The van der Waals surface area contributed by atoms with Crippen molar-refractivity contribution in [2.75, 3.05) is 4.90 Å². The van der Waals surface area contributed by atoms with Gasteiger partial charge in [-0.25, -0.2) is 14.8 Å². The van der Waals surface area contributed by atoms with Crippen LogP contribution in [0.25, 0.3) is 16.3 Å². The molecule has 2 saturated heterocycles. The van der Waals surface area contributed by atoms with Crippen LogP contribution in [0.15, 0.2) is 73.7 Å². The second-order valence-electron chi connectivity index (χ2n) is 11.2. The summed E-state index contributed by atoms with van der Waals surface area (Å²) in [4.78, 5) is 72.6. The Labute approximate surface area is 289 Å². The number of nitro groups is 1. The number of carbonyl (C=O) groups is 4. The summed E-state index contributed by atoms with van der Waals surface area (Å²) in [5.41, 5.74) is 1.54. The molecule has 0 spiro atoms. The molecule has 1 saturated carbocycles. The van der Waals surface area contributed by atoms with Gasteiger partial charge in [0.25, 0.3) is 11.6 Å². The molecule has 7 rings (SSSR count). The number of benzene rings is 3. The van der Waals surface area contributed by atoms with Gasteiger partial charge in [-0.15, -0.1) is 11.3 Å². The number of nitrogens with zero attached hydrogens (tertiary/aromatic N) is 4. The maximum atomic E-state index is 13.1. The molecule has 4 aromatic rings. The first-order valence-electron chi connectivity index (χ1n) is 14.6. The largest absolute Gasteiger partial charge is 0.478 e. The molecule has 2 aliphatic heterocycles. The van der Waals surface area contributed by atoms with Crippen LogP contribution < -0.4 is 10.2 Å². The SMILES string of the molecule is O=C1NC(=Nc2ccc(Cl)c(C(=O)O)c2)S/C1=C\c1ccc(Sc2nc3ccc(N4C(=O)[C@@H]5CCCC[C@H]5C4=O)cc3s2)c([N+](=O)[O-])c1. The third-order valence-electron chi connectivity index (χ3n) is 8.19. The molecular formula is C32H22ClN5O7S3. The molecule has 1 aromatic heterocycles. The van der Waals surface area contributed by atoms with E-state index in [1.54, 1.807) is 30.3 Å². The van der Waals surface area contributed by atoms with E-state index in [1.807, 2.05) is 0 Å². The number of carboxylic acid groups (broad SMARTS) is 1. The summed E-state index contributed by atoms with van der Waals surface area (Å²) in [6, 6.07) is 14.0. The normalized spacial score (nSPS) is 20.9. The first-order chi connectivity index (χ1) is 23.0. The van der Waals surface area contributed by atoms with E-state index in [4.69, 9.17) is 11.6 Å². The number of thioether (sulfide) groups is 1. The summed E-state index contributed by atoms with van der Waals surface area (Å²) in [6.45, 7) is 0. The van der Waals surface area contributed by atoms with Gasteiger partial charge in [0.05, 0.1) is 58.7 Å². The third-order valence-corrected chi connectivity index (χ3v) is 11.6. The maximum absolute atomic E-state index is 13.1. The van der Waals surface area contributed by atoms with Crippen molar-refractivity contribution in [3.8, 4) is 0 Å². The van der Waals surface area contributed by atoms with Crippen LogP contribution in [0.5, 0.6) is 0 Å². The number of anilines is 1. The van der Waals surface area contributed by atoms with Crippen LogP contribution in [0.1, 0.15) is 41.6 Å². The molecule has 2 atom stereocenters.